The van der Waals surface area contributed by atoms with Crippen LogP contribution < -0.4 is 5.56 Å². The summed E-state index contributed by atoms with van der Waals surface area (Å²) in [6.45, 7) is 2.54. The quantitative estimate of drug-likeness (QED) is 0.500. The molecule has 1 saturated carbocycles. The number of piperidine rings is 1. The van der Waals surface area contributed by atoms with Gasteiger partial charge in [0.15, 0.2) is 5.65 Å². The van der Waals surface area contributed by atoms with Crippen LogP contribution in [0.5, 0.6) is 0 Å². The number of aliphatic hydroxyl groups is 1. The number of hydrogen-bond acceptors (Lipinski definition) is 7. The van der Waals surface area contributed by atoms with Crippen molar-refractivity contribution in [3.63, 3.8) is 0 Å². The van der Waals surface area contributed by atoms with Gasteiger partial charge in [0.25, 0.3) is 5.56 Å². The Hall–Kier alpha value is -3.15. The zero-order valence-electron chi connectivity index (χ0n) is 22.6. The molecule has 0 radical (unpaired) electrons. The predicted octanol–water partition coefficient (Wildman–Crippen LogP) is 2.83. The summed E-state index contributed by atoms with van der Waals surface area (Å²) >= 11 is 0. The Kier molecular flexibility index (Phi) is 7.69. The highest BCUT2D eigenvalue weighted by Crippen LogP contribution is 2.32. The van der Waals surface area contributed by atoms with Gasteiger partial charge in [0.05, 0.1) is 36.2 Å². The van der Waals surface area contributed by atoms with Gasteiger partial charge in [-0.2, -0.15) is 5.10 Å². The number of fused-ring (bicyclic) bond motifs is 1. The molecule has 2 aromatic heterocycles. The first kappa shape index (κ1) is 27.0. The molecule has 0 unspecified atom stereocenters. The molecule has 4 heterocycles. The van der Waals surface area contributed by atoms with Crippen molar-refractivity contribution in [1.82, 2.24) is 24.2 Å². The summed E-state index contributed by atoms with van der Waals surface area (Å²) in [5.74, 6) is -0.188. The number of nitrogens with zero attached hydrogens (tertiary/aromatic N) is 5. The summed E-state index contributed by atoms with van der Waals surface area (Å²) in [6, 6.07) is 5.79. The van der Waals surface area contributed by atoms with Crippen LogP contribution in [0, 0.1) is 11.7 Å². The van der Waals surface area contributed by atoms with Crippen LogP contribution in [-0.4, -0.2) is 79.4 Å². The summed E-state index contributed by atoms with van der Waals surface area (Å²) in [6.07, 6.45) is 9.52. The minimum atomic E-state index is -1.11. The standard InChI is InChI=1S/C29H36FN5O5/c30-21-3-5-22(6-4-21)35-26-25(17-32-35)28(37)34(19-31-26)18-29(38)11-13-33(14-12-29)27(36)20-1-7-23(8-2-20)40-24-9-15-39-16-10-24/h3-6,17,19-20,23-24,38H,1-2,7-16,18H2. The van der Waals surface area contributed by atoms with Crippen molar-refractivity contribution in [2.45, 2.75) is 75.7 Å². The average molecular weight is 554 g/mol. The Bertz CT molecular complexity index is 1380. The van der Waals surface area contributed by atoms with Crippen LogP contribution in [-0.2, 0) is 20.8 Å². The highest BCUT2D eigenvalue weighted by molar-refractivity contribution is 5.79. The van der Waals surface area contributed by atoms with Gasteiger partial charge in [0, 0.05) is 32.2 Å². The van der Waals surface area contributed by atoms with Gasteiger partial charge in [-0.1, -0.05) is 0 Å². The van der Waals surface area contributed by atoms with E-state index in [0.29, 0.717) is 42.7 Å². The first-order chi connectivity index (χ1) is 19.4. The van der Waals surface area contributed by atoms with Crippen molar-refractivity contribution in [2.24, 2.45) is 5.92 Å². The summed E-state index contributed by atoms with van der Waals surface area (Å²) < 4.78 is 27.9. The first-order valence-electron chi connectivity index (χ1n) is 14.3. The monoisotopic (exact) mass is 553 g/mol. The Labute approximate surface area is 231 Å². The molecule has 10 nitrogen and oxygen atoms in total. The third-order valence-electron chi connectivity index (χ3n) is 8.67. The number of halogens is 1. The number of carbonyl (C=O) groups is 1. The fraction of sp³-hybridized carbons (Fsp3) is 0.586. The van der Waals surface area contributed by atoms with E-state index in [1.54, 1.807) is 12.1 Å². The van der Waals surface area contributed by atoms with E-state index >= 15 is 0 Å². The highest BCUT2D eigenvalue weighted by Gasteiger charge is 2.38. The minimum Gasteiger partial charge on any atom is -0.388 e. The van der Waals surface area contributed by atoms with Crippen molar-refractivity contribution < 1.29 is 23.8 Å². The number of carbonyl (C=O) groups excluding carboxylic acids is 1. The number of benzene rings is 1. The molecule has 1 aliphatic carbocycles. The third-order valence-corrected chi connectivity index (χ3v) is 8.67. The fourth-order valence-electron chi connectivity index (χ4n) is 6.24. The van der Waals surface area contributed by atoms with Crippen molar-refractivity contribution in [3.05, 3.63) is 53.0 Å². The van der Waals surface area contributed by atoms with Crippen molar-refractivity contribution >= 4 is 16.9 Å². The third kappa shape index (κ3) is 5.68. The zero-order valence-corrected chi connectivity index (χ0v) is 22.6. The largest absolute Gasteiger partial charge is 0.388 e. The molecule has 3 fully saturated rings. The van der Waals surface area contributed by atoms with E-state index in [2.05, 4.69) is 10.1 Å². The van der Waals surface area contributed by atoms with E-state index in [9.17, 15) is 19.1 Å². The topological polar surface area (TPSA) is 112 Å². The molecule has 0 bridgehead atoms. The number of likely N-dealkylation sites (tertiary alicyclic amines) is 1. The maximum Gasteiger partial charge on any atom is 0.264 e. The summed E-state index contributed by atoms with van der Waals surface area (Å²) in [7, 11) is 0. The smallest absolute Gasteiger partial charge is 0.264 e. The average Bonchev–Trinajstić information content (AvgIpc) is 3.41. The minimum absolute atomic E-state index is 0.00704. The van der Waals surface area contributed by atoms with Gasteiger partial charge in [-0.05, 0) is 75.6 Å². The summed E-state index contributed by atoms with van der Waals surface area (Å²) in [5, 5.41) is 15.9. The lowest BCUT2D eigenvalue weighted by atomic mass is 9.84. The molecule has 2 aliphatic heterocycles. The second kappa shape index (κ2) is 11.4. The normalized spacial score (nSPS) is 23.9. The Morgan fingerprint density at radius 2 is 1.73 bits per heavy atom. The van der Waals surface area contributed by atoms with Gasteiger partial charge in [-0.15, -0.1) is 0 Å². The molecule has 2 saturated heterocycles. The van der Waals surface area contributed by atoms with Gasteiger partial charge in [-0.3, -0.25) is 14.2 Å². The van der Waals surface area contributed by atoms with Gasteiger partial charge in [0.2, 0.25) is 5.91 Å². The molecule has 40 heavy (non-hydrogen) atoms. The zero-order chi connectivity index (χ0) is 27.7. The molecular formula is C29H36FN5O5. The van der Waals surface area contributed by atoms with Crippen LogP contribution in [0.25, 0.3) is 16.7 Å². The fourth-order valence-corrected chi connectivity index (χ4v) is 6.24. The van der Waals surface area contributed by atoms with Crippen molar-refractivity contribution in [2.75, 3.05) is 26.3 Å². The summed E-state index contributed by atoms with van der Waals surface area (Å²) in [5.41, 5.74) is -0.451. The van der Waals surface area contributed by atoms with Gasteiger partial charge < -0.3 is 19.5 Å². The van der Waals surface area contributed by atoms with E-state index in [1.165, 1.54) is 33.9 Å². The van der Waals surface area contributed by atoms with E-state index in [-0.39, 0.29) is 42.0 Å². The summed E-state index contributed by atoms with van der Waals surface area (Å²) in [4.78, 5) is 32.7. The van der Waals surface area contributed by atoms with Crippen molar-refractivity contribution in [3.8, 4) is 5.69 Å². The number of rotatable bonds is 6. The van der Waals surface area contributed by atoms with E-state index in [4.69, 9.17) is 9.47 Å². The van der Waals surface area contributed by atoms with Crippen LogP contribution in [0.4, 0.5) is 4.39 Å². The SMILES string of the molecule is O=C(C1CCC(OC2CCOCC2)CC1)N1CCC(O)(Cn2cnc3c(cnn3-c3ccc(F)cc3)c2=O)CC1. The maximum atomic E-state index is 13.3. The lowest BCUT2D eigenvalue weighted by Gasteiger charge is -2.40. The molecule has 0 atom stereocenters. The van der Waals surface area contributed by atoms with E-state index in [1.807, 2.05) is 4.90 Å². The molecule has 1 N–H and O–H groups in total. The number of hydrogen-bond donors (Lipinski definition) is 1. The molecule has 6 rings (SSSR count). The van der Waals surface area contributed by atoms with Crippen LogP contribution in [0.2, 0.25) is 0 Å². The van der Waals surface area contributed by atoms with E-state index in [0.717, 1.165) is 51.7 Å². The molecule has 11 heteroatoms. The number of ether oxygens (including phenoxy) is 2. The molecule has 214 valence electrons. The lowest BCUT2D eigenvalue weighted by Crippen LogP contribution is -2.51. The number of aromatic nitrogens is 4. The van der Waals surface area contributed by atoms with Gasteiger partial charge in [0.1, 0.15) is 17.5 Å². The van der Waals surface area contributed by atoms with Crippen LogP contribution >= 0.6 is 0 Å². The van der Waals surface area contributed by atoms with Gasteiger partial charge >= 0.3 is 0 Å². The Morgan fingerprint density at radius 3 is 2.42 bits per heavy atom. The Morgan fingerprint density at radius 1 is 1.05 bits per heavy atom. The van der Waals surface area contributed by atoms with Crippen LogP contribution in [0.15, 0.2) is 41.6 Å². The second-order valence-corrected chi connectivity index (χ2v) is 11.4. The Balaban J connectivity index is 1.04. The predicted molar refractivity (Wildman–Crippen MR) is 145 cm³/mol. The van der Waals surface area contributed by atoms with Crippen LogP contribution in [0.3, 0.4) is 0 Å². The molecule has 0 spiro atoms. The lowest BCUT2D eigenvalue weighted by molar-refractivity contribution is -0.143. The molecule has 1 aromatic carbocycles. The maximum absolute atomic E-state index is 13.3. The number of amides is 1. The molecule has 3 aliphatic rings. The van der Waals surface area contributed by atoms with Crippen LogP contribution in [0.1, 0.15) is 51.4 Å². The molecule has 3 aromatic rings. The molecular weight excluding hydrogens is 517 g/mol. The molecule has 1 amide bonds. The van der Waals surface area contributed by atoms with Crippen molar-refractivity contribution in [1.29, 1.82) is 0 Å². The van der Waals surface area contributed by atoms with E-state index < -0.39 is 5.60 Å². The highest BCUT2D eigenvalue weighted by atomic mass is 19.1. The second-order valence-electron chi connectivity index (χ2n) is 11.4. The first-order valence-corrected chi connectivity index (χ1v) is 14.3. The van der Waals surface area contributed by atoms with Gasteiger partial charge in [-0.25, -0.2) is 14.1 Å².